The summed E-state index contributed by atoms with van der Waals surface area (Å²) in [5, 5.41) is 4.20. The summed E-state index contributed by atoms with van der Waals surface area (Å²) in [6, 6.07) is 0.809. The van der Waals surface area contributed by atoms with E-state index in [1.165, 1.54) is 19.4 Å². The number of anilines is 1. The van der Waals surface area contributed by atoms with Crippen molar-refractivity contribution >= 4 is 11.6 Å². The van der Waals surface area contributed by atoms with Gasteiger partial charge in [0.1, 0.15) is 0 Å². The van der Waals surface area contributed by atoms with Gasteiger partial charge in [-0.3, -0.25) is 14.4 Å². The van der Waals surface area contributed by atoms with Crippen LogP contribution in [-0.4, -0.2) is 45.8 Å². The quantitative estimate of drug-likeness (QED) is 0.814. The van der Waals surface area contributed by atoms with Gasteiger partial charge in [0.05, 0.1) is 17.9 Å². The van der Waals surface area contributed by atoms with Gasteiger partial charge in [-0.25, -0.2) is 0 Å². The Bertz CT molecular complexity index is 507. The molecule has 5 nitrogen and oxygen atoms in total. The van der Waals surface area contributed by atoms with Gasteiger partial charge >= 0.3 is 0 Å². The number of carbonyl (C=O) groups is 1. The first kappa shape index (κ1) is 11.5. The lowest BCUT2D eigenvalue weighted by atomic mass is 10.1. The zero-order valence-corrected chi connectivity index (χ0v) is 11.3. The number of carbonyl (C=O) groups excluding carboxylic acids is 1. The van der Waals surface area contributed by atoms with Gasteiger partial charge in [0.2, 0.25) is 5.91 Å². The summed E-state index contributed by atoms with van der Waals surface area (Å²) in [7, 11) is 1.90. The lowest BCUT2D eigenvalue weighted by Gasteiger charge is -2.24. The Labute approximate surface area is 113 Å². The summed E-state index contributed by atoms with van der Waals surface area (Å²) >= 11 is 0. The Balaban J connectivity index is 1.56. The second-order valence-corrected chi connectivity index (χ2v) is 6.20. The smallest absolute Gasteiger partial charge is 0.229 e. The van der Waals surface area contributed by atoms with Crippen molar-refractivity contribution in [2.45, 2.75) is 37.8 Å². The van der Waals surface area contributed by atoms with E-state index in [-0.39, 0.29) is 5.91 Å². The molecule has 3 heterocycles. The average Bonchev–Trinajstić information content (AvgIpc) is 2.83. The molecule has 1 saturated carbocycles. The molecule has 1 amide bonds. The molecule has 1 aromatic rings. The number of hydrogen-bond acceptors (Lipinski definition) is 3. The maximum atomic E-state index is 12.3. The lowest BCUT2D eigenvalue weighted by Crippen LogP contribution is -2.37. The van der Waals surface area contributed by atoms with E-state index in [0.29, 0.717) is 18.5 Å². The maximum absolute atomic E-state index is 12.3. The zero-order valence-electron chi connectivity index (χ0n) is 11.3. The van der Waals surface area contributed by atoms with E-state index in [9.17, 15) is 4.79 Å². The van der Waals surface area contributed by atoms with Crippen LogP contribution in [0, 0.1) is 5.92 Å². The molecule has 2 atom stereocenters. The molecule has 0 bridgehead atoms. The van der Waals surface area contributed by atoms with E-state index >= 15 is 0 Å². The molecule has 0 unspecified atom stereocenters. The van der Waals surface area contributed by atoms with Gasteiger partial charge in [0, 0.05) is 38.8 Å². The summed E-state index contributed by atoms with van der Waals surface area (Å²) in [5.74, 6) is 1.17. The maximum Gasteiger partial charge on any atom is 0.229 e. The highest BCUT2D eigenvalue weighted by Crippen LogP contribution is 2.38. The van der Waals surface area contributed by atoms with Crippen LogP contribution >= 0.6 is 0 Å². The van der Waals surface area contributed by atoms with Gasteiger partial charge in [0.25, 0.3) is 0 Å². The molecule has 2 aliphatic heterocycles. The van der Waals surface area contributed by atoms with Gasteiger partial charge in [-0.1, -0.05) is 0 Å². The third-order valence-corrected chi connectivity index (χ3v) is 4.77. The van der Waals surface area contributed by atoms with Crippen LogP contribution in [0.25, 0.3) is 0 Å². The molecular weight excluding hydrogens is 240 g/mol. The fourth-order valence-corrected chi connectivity index (χ4v) is 3.66. The number of rotatable bonds is 3. The van der Waals surface area contributed by atoms with E-state index in [2.05, 4.69) is 10.00 Å². The summed E-state index contributed by atoms with van der Waals surface area (Å²) < 4.78 is 1.77. The fourth-order valence-electron chi connectivity index (χ4n) is 3.66. The van der Waals surface area contributed by atoms with Crippen molar-refractivity contribution in [3.63, 3.8) is 0 Å². The highest BCUT2D eigenvalue weighted by Gasteiger charge is 2.48. The minimum Gasteiger partial charge on any atom is -0.305 e. The predicted octanol–water partition coefficient (Wildman–Crippen LogP) is 1.01. The van der Waals surface area contributed by atoms with Crippen molar-refractivity contribution in [1.82, 2.24) is 14.7 Å². The molecule has 0 spiro atoms. The van der Waals surface area contributed by atoms with Crippen molar-refractivity contribution in [2.75, 3.05) is 18.0 Å². The van der Waals surface area contributed by atoms with Crippen LogP contribution < -0.4 is 4.90 Å². The van der Waals surface area contributed by atoms with Crippen LogP contribution in [-0.2, 0) is 11.8 Å². The number of nitrogens with zero attached hydrogens (tertiary/aromatic N) is 4. The van der Waals surface area contributed by atoms with Gasteiger partial charge in [-0.15, -0.1) is 0 Å². The van der Waals surface area contributed by atoms with Crippen LogP contribution in [0.15, 0.2) is 12.4 Å². The number of likely N-dealkylation sites (tertiary alicyclic amines) is 1. The number of fused-ring (bicyclic) bond motifs is 1. The van der Waals surface area contributed by atoms with Crippen LogP contribution in [0.2, 0.25) is 0 Å². The molecule has 2 saturated heterocycles. The van der Waals surface area contributed by atoms with Gasteiger partial charge in [0.15, 0.2) is 0 Å². The van der Waals surface area contributed by atoms with Crippen LogP contribution in [0.3, 0.4) is 0 Å². The Kier molecular flexibility index (Phi) is 2.45. The molecule has 1 aromatic heterocycles. The summed E-state index contributed by atoms with van der Waals surface area (Å²) in [6.07, 6.45) is 8.32. The van der Waals surface area contributed by atoms with E-state index in [1.54, 1.807) is 4.68 Å². The van der Waals surface area contributed by atoms with Crippen molar-refractivity contribution in [3.8, 4) is 0 Å². The molecule has 5 heteroatoms. The van der Waals surface area contributed by atoms with Crippen LogP contribution in [0.5, 0.6) is 0 Å². The largest absolute Gasteiger partial charge is 0.305 e. The van der Waals surface area contributed by atoms with Crippen LogP contribution in [0.4, 0.5) is 5.69 Å². The first-order valence-corrected chi connectivity index (χ1v) is 7.27. The fraction of sp³-hybridized carbons (Fsp3) is 0.714. The molecule has 3 aliphatic rings. The Hall–Kier alpha value is -1.36. The Morgan fingerprint density at radius 2 is 2.16 bits per heavy atom. The van der Waals surface area contributed by atoms with E-state index in [4.69, 9.17) is 0 Å². The van der Waals surface area contributed by atoms with Crippen LogP contribution in [0.1, 0.15) is 25.7 Å². The number of hydrogen-bond donors (Lipinski definition) is 0. The standard InChI is InChI=1S/C14H20N4O/c1-16-9-11(7-15-16)18-12-4-5-17(8-10-2-3-10)13(12)6-14(18)19/h7,9-10,12-13H,2-6,8H2,1H3/t12-,13+/m1/s1. The van der Waals surface area contributed by atoms with Crippen molar-refractivity contribution < 1.29 is 4.79 Å². The Morgan fingerprint density at radius 3 is 2.84 bits per heavy atom. The summed E-state index contributed by atoms with van der Waals surface area (Å²) in [4.78, 5) is 16.8. The van der Waals surface area contributed by atoms with Gasteiger partial charge < -0.3 is 4.90 Å². The monoisotopic (exact) mass is 260 g/mol. The first-order chi connectivity index (χ1) is 9.22. The summed E-state index contributed by atoms with van der Waals surface area (Å²) in [5.41, 5.74) is 0.966. The highest BCUT2D eigenvalue weighted by atomic mass is 16.2. The number of aromatic nitrogens is 2. The molecule has 1 aliphatic carbocycles. The molecule has 0 radical (unpaired) electrons. The lowest BCUT2D eigenvalue weighted by molar-refractivity contribution is -0.117. The number of aryl methyl sites for hydroxylation is 1. The molecule has 4 rings (SSSR count). The molecule has 102 valence electrons. The third-order valence-electron chi connectivity index (χ3n) is 4.77. The van der Waals surface area contributed by atoms with E-state index in [0.717, 1.165) is 24.6 Å². The highest BCUT2D eigenvalue weighted by molar-refractivity contribution is 5.97. The normalized spacial score (nSPS) is 31.2. The number of amides is 1. The Morgan fingerprint density at radius 1 is 1.32 bits per heavy atom. The second kappa shape index (κ2) is 4.07. The zero-order chi connectivity index (χ0) is 13.0. The van der Waals surface area contributed by atoms with Gasteiger partial charge in [-0.05, 0) is 25.2 Å². The van der Waals surface area contributed by atoms with E-state index in [1.807, 2.05) is 24.3 Å². The summed E-state index contributed by atoms with van der Waals surface area (Å²) in [6.45, 7) is 2.35. The molecular formula is C14H20N4O. The topological polar surface area (TPSA) is 41.4 Å². The minimum atomic E-state index is 0.267. The van der Waals surface area contributed by atoms with Crippen molar-refractivity contribution in [3.05, 3.63) is 12.4 Å². The first-order valence-electron chi connectivity index (χ1n) is 7.27. The third kappa shape index (κ3) is 1.87. The van der Waals surface area contributed by atoms with Crippen molar-refractivity contribution in [2.24, 2.45) is 13.0 Å². The second-order valence-electron chi connectivity index (χ2n) is 6.20. The minimum absolute atomic E-state index is 0.267. The van der Waals surface area contributed by atoms with E-state index < -0.39 is 0 Å². The predicted molar refractivity (Wildman–Crippen MR) is 71.8 cm³/mol. The van der Waals surface area contributed by atoms with Crippen molar-refractivity contribution in [1.29, 1.82) is 0 Å². The van der Waals surface area contributed by atoms with Gasteiger partial charge in [-0.2, -0.15) is 5.10 Å². The molecule has 3 fully saturated rings. The molecule has 19 heavy (non-hydrogen) atoms. The SMILES string of the molecule is Cn1cc(N2C(=O)C[C@H]3[C@H]2CCN3CC2CC2)cn1. The average molecular weight is 260 g/mol. The molecule has 0 N–H and O–H groups in total. The molecule has 0 aromatic carbocycles.